The topological polar surface area (TPSA) is 94.3 Å². The Balaban J connectivity index is 2.79. The monoisotopic (exact) mass is 279 g/mol. The number of nitrogens with two attached hydrogens (primary N) is 1. The van der Waals surface area contributed by atoms with Gasteiger partial charge in [0.15, 0.2) is 9.34 Å². The SMILES string of the molecule is COCCC(C)NS(=O)(=O)c1sc(N)nc1C. The number of aryl methyl sites for hydroxylation is 1. The van der Waals surface area contributed by atoms with Crippen LogP contribution in [0.1, 0.15) is 19.0 Å². The Bertz CT molecular complexity index is 470. The zero-order chi connectivity index (χ0) is 13.1. The van der Waals surface area contributed by atoms with E-state index in [9.17, 15) is 8.42 Å². The van der Waals surface area contributed by atoms with Gasteiger partial charge in [-0.25, -0.2) is 18.1 Å². The largest absolute Gasteiger partial charge is 0.385 e. The molecule has 0 aliphatic carbocycles. The predicted octanol–water partition coefficient (Wildman–Crippen LogP) is 0.737. The summed E-state index contributed by atoms with van der Waals surface area (Å²) in [6.07, 6.45) is 0.614. The number of methoxy groups -OCH3 is 1. The van der Waals surface area contributed by atoms with Crippen LogP contribution in [0.5, 0.6) is 0 Å². The number of hydrogen-bond donors (Lipinski definition) is 2. The summed E-state index contributed by atoms with van der Waals surface area (Å²) >= 11 is 0.972. The fourth-order valence-corrected chi connectivity index (χ4v) is 3.92. The number of nitrogen functional groups attached to an aromatic ring is 1. The molecule has 0 amide bonds. The van der Waals surface area contributed by atoms with Crippen molar-refractivity contribution in [1.82, 2.24) is 9.71 Å². The molecule has 0 bridgehead atoms. The van der Waals surface area contributed by atoms with E-state index in [1.807, 2.05) is 0 Å². The second-order valence-electron chi connectivity index (χ2n) is 3.73. The molecule has 0 aromatic carbocycles. The number of aromatic nitrogens is 1. The maximum atomic E-state index is 12.0. The molecule has 1 heterocycles. The summed E-state index contributed by atoms with van der Waals surface area (Å²) in [6.45, 7) is 3.92. The first-order valence-electron chi connectivity index (χ1n) is 5.11. The Morgan fingerprint density at radius 1 is 1.59 bits per heavy atom. The molecule has 1 atom stereocenters. The average molecular weight is 279 g/mol. The maximum absolute atomic E-state index is 12.0. The molecule has 0 radical (unpaired) electrons. The Hall–Kier alpha value is -0.700. The standard InChI is InChI=1S/C9H17N3O3S2/c1-6(4-5-15-3)12-17(13,14)8-7(2)11-9(10)16-8/h6,12H,4-5H2,1-3H3,(H2,10,11). The molecule has 8 heteroatoms. The lowest BCUT2D eigenvalue weighted by atomic mass is 10.3. The van der Waals surface area contributed by atoms with Crippen molar-refractivity contribution in [2.24, 2.45) is 0 Å². The van der Waals surface area contributed by atoms with Crippen molar-refractivity contribution in [3.8, 4) is 0 Å². The van der Waals surface area contributed by atoms with Gasteiger partial charge in [-0.05, 0) is 20.3 Å². The molecule has 98 valence electrons. The van der Waals surface area contributed by atoms with Crippen molar-refractivity contribution in [2.75, 3.05) is 19.5 Å². The number of nitrogens with zero attached hydrogens (tertiary/aromatic N) is 1. The average Bonchev–Trinajstić information content (AvgIpc) is 2.55. The van der Waals surface area contributed by atoms with E-state index < -0.39 is 10.0 Å². The Morgan fingerprint density at radius 2 is 2.24 bits per heavy atom. The van der Waals surface area contributed by atoms with Gasteiger partial charge in [0.25, 0.3) is 10.0 Å². The summed E-state index contributed by atoms with van der Waals surface area (Å²) in [5, 5.41) is 0.257. The molecule has 1 rings (SSSR count). The van der Waals surface area contributed by atoms with Gasteiger partial charge in [0.1, 0.15) is 0 Å². The molecular weight excluding hydrogens is 262 g/mol. The number of anilines is 1. The summed E-state index contributed by atoms with van der Waals surface area (Å²) in [4.78, 5) is 3.90. The molecule has 6 nitrogen and oxygen atoms in total. The number of hydrogen-bond acceptors (Lipinski definition) is 6. The molecule has 1 unspecified atom stereocenters. The van der Waals surface area contributed by atoms with Crippen LogP contribution in [-0.2, 0) is 14.8 Å². The second-order valence-corrected chi connectivity index (χ2v) is 6.67. The minimum atomic E-state index is -3.53. The van der Waals surface area contributed by atoms with Crippen molar-refractivity contribution in [3.05, 3.63) is 5.69 Å². The molecule has 0 saturated carbocycles. The zero-order valence-electron chi connectivity index (χ0n) is 10.1. The van der Waals surface area contributed by atoms with Crippen molar-refractivity contribution in [3.63, 3.8) is 0 Å². The minimum Gasteiger partial charge on any atom is -0.385 e. The summed E-state index contributed by atoms with van der Waals surface area (Å²) in [6, 6.07) is -0.192. The van der Waals surface area contributed by atoms with Crippen LogP contribution in [0, 0.1) is 6.92 Å². The molecule has 0 fully saturated rings. The molecule has 0 aliphatic heterocycles. The van der Waals surface area contributed by atoms with Gasteiger partial charge in [0, 0.05) is 19.8 Å². The second kappa shape index (κ2) is 5.76. The third-order valence-electron chi connectivity index (χ3n) is 2.13. The summed E-state index contributed by atoms with van der Waals surface area (Å²) in [5.41, 5.74) is 5.91. The van der Waals surface area contributed by atoms with Gasteiger partial charge in [-0.3, -0.25) is 0 Å². The minimum absolute atomic E-state index is 0.180. The molecular formula is C9H17N3O3S2. The van der Waals surface area contributed by atoms with E-state index >= 15 is 0 Å². The molecule has 0 aliphatic rings. The summed E-state index contributed by atoms with van der Waals surface area (Å²) < 4.78 is 31.7. The highest BCUT2D eigenvalue weighted by Crippen LogP contribution is 2.24. The number of sulfonamides is 1. The van der Waals surface area contributed by atoms with Crippen LogP contribution < -0.4 is 10.5 Å². The lowest BCUT2D eigenvalue weighted by molar-refractivity contribution is 0.188. The molecule has 3 N–H and O–H groups in total. The molecule has 0 spiro atoms. The van der Waals surface area contributed by atoms with Crippen LogP contribution in [0.3, 0.4) is 0 Å². The number of rotatable bonds is 6. The van der Waals surface area contributed by atoms with Gasteiger partial charge in [0.2, 0.25) is 0 Å². The van der Waals surface area contributed by atoms with Gasteiger partial charge in [-0.2, -0.15) is 0 Å². The van der Waals surface area contributed by atoms with Crippen molar-refractivity contribution in [2.45, 2.75) is 30.5 Å². The van der Waals surface area contributed by atoms with Crippen molar-refractivity contribution >= 4 is 26.5 Å². The third kappa shape index (κ3) is 3.91. The van der Waals surface area contributed by atoms with Crippen LogP contribution >= 0.6 is 11.3 Å². The Morgan fingerprint density at radius 3 is 2.71 bits per heavy atom. The van der Waals surface area contributed by atoms with Crippen LogP contribution in [0.4, 0.5) is 5.13 Å². The van der Waals surface area contributed by atoms with Crippen molar-refractivity contribution < 1.29 is 13.2 Å². The zero-order valence-corrected chi connectivity index (χ0v) is 11.7. The van der Waals surface area contributed by atoms with E-state index in [0.29, 0.717) is 18.7 Å². The van der Waals surface area contributed by atoms with E-state index in [1.54, 1.807) is 21.0 Å². The molecule has 1 aromatic rings. The van der Waals surface area contributed by atoms with Gasteiger partial charge < -0.3 is 10.5 Å². The van der Waals surface area contributed by atoms with E-state index in [1.165, 1.54) is 0 Å². The van der Waals surface area contributed by atoms with Crippen LogP contribution in [0.25, 0.3) is 0 Å². The van der Waals surface area contributed by atoms with E-state index in [-0.39, 0.29) is 15.4 Å². The van der Waals surface area contributed by atoms with Crippen LogP contribution in [-0.4, -0.2) is 33.2 Å². The van der Waals surface area contributed by atoms with Gasteiger partial charge in [-0.1, -0.05) is 11.3 Å². The Labute approximate surface area is 105 Å². The first-order valence-corrected chi connectivity index (χ1v) is 7.41. The van der Waals surface area contributed by atoms with Crippen LogP contribution in [0.2, 0.25) is 0 Å². The lowest BCUT2D eigenvalue weighted by Gasteiger charge is -2.12. The third-order valence-corrected chi connectivity index (χ3v) is 5.31. The number of ether oxygens (including phenoxy) is 1. The van der Waals surface area contributed by atoms with Crippen LogP contribution in [0.15, 0.2) is 4.21 Å². The van der Waals surface area contributed by atoms with E-state index in [4.69, 9.17) is 10.5 Å². The first kappa shape index (κ1) is 14.4. The highest BCUT2D eigenvalue weighted by atomic mass is 32.2. The summed E-state index contributed by atoms with van der Waals surface area (Å²) in [7, 11) is -1.95. The molecule has 1 aromatic heterocycles. The maximum Gasteiger partial charge on any atom is 0.252 e. The fourth-order valence-electron chi connectivity index (χ4n) is 1.32. The molecule has 0 saturated heterocycles. The summed E-state index contributed by atoms with van der Waals surface area (Å²) in [5.74, 6) is 0. The number of thiazole rings is 1. The first-order chi connectivity index (χ1) is 7.86. The van der Waals surface area contributed by atoms with E-state index in [2.05, 4.69) is 9.71 Å². The smallest absolute Gasteiger partial charge is 0.252 e. The lowest BCUT2D eigenvalue weighted by Crippen LogP contribution is -2.33. The quantitative estimate of drug-likeness (QED) is 0.801. The van der Waals surface area contributed by atoms with Gasteiger partial charge in [0.05, 0.1) is 5.69 Å². The highest BCUT2D eigenvalue weighted by Gasteiger charge is 2.22. The predicted molar refractivity (Wildman–Crippen MR) is 67.5 cm³/mol. The fraction of sp³-hybridized carbons (Fsp3) is 0.667. The number of nitrogens with one attached hydrogen (secondary N) is 1. The molecule has 17 heavy (non-hydrogen) atoms. The van der Waals surface area contributed by atoms with Crippen molar-refractivity contribution in [1.29, 1.82) is 0 Å². The van der Waals surface area contributed by atoms with E-state index in [0.717, 1.165) is 11.3 Å². The highest BCUT2D eigenvalue weighted by molar-refractivity contribution is 7.91. The normalized spacial score (nSPS) is 13.8. The van der Waals surface area contributed by atoms with Gasteiger partial charge >= 0.3 is 0 Å². The Kier molecular flexibility index (Phi) is 4.87. The van der Waals surface area contributed by atoms with Gasteiger partial charge in [-0.15, -0.1) is 0 Å².